The summed E-state index contributed by atoms with van der Waals surface area (Å²) in [6.45, 7) is 6.69. The lowest BCUT2D eigenvalue weighted by molar-refractivity contribution is 0.0385. The third kappa shape index (κ3) is 5.99. The van der Waals surface area contributed by atoms with Gasteiger partial charge in [0.1, 0.15) is 11.4 Å². The smallest absolute Gasteiger partial charge is 0.191 e. The average Bonchev–Trinajstić information content (AvgIpc) is 2.97. The quantitative estimate of drug-likeness (QED) is 0.386. The van der Waals surface area contributed by atoms with Crippen molar-refractivity contribution in [1.82, 2.24) is 10.6 Å². The van der Waals surface area contributed by atoms with E-state index in [0.29, 0.717) is 18.3 Å². The molecule has 0 aromatic carbocycles. The molecule has 1 aliphatic rings. The van der Waals surface area contributed by atoms with Gasteiger partial charge < -0.3 is 20.2 Å². The largest absolute Gasteiger partial charge is 0.466 e. The van der Waals surface area contributed by atoms with Crippen molar-refractivity contribution in [2.45, 2.75) is 51.7 Å². The zero-order valence-corrected chi connectivity index (χ0v) is 16.8. The first-order chi connectivity index (χ1) is 10.4. The Morgan fingerprint density at radius 3 is 2.52 bits per heavy atom. The van der Waals surface area contributed by atoms with E-state index in [1.165, 1.54) is 19.3 Å². The van der Waals surface area contributed by atoms with Crippen LogP contribution in [0.1, 0.15) is 45.8 Å². The SMILES string of the molecule is CN=C(NCC(C)(O)c1ccco1)NC1CC(C)CC(C)C1.I. The maximum atomic E-state index is 10.5. The van der Waals surface area contributed by atoms with Gasteiger partial charge in [-0.3, -0.25) is 4.99 Å². The van der Waals surface area contributed by atoms with Crippen LogP contribution < -0.4 is 10.6 Å². The number of furan rings is 1. The second-order valence-electron chi connectivity index (χ2n) is 6.94. The number of nitrogens with one attached hydrogen (secondary N) is 2. The topological polar surface area (TPSA) is 69.8 Å². The summed E-state index contributed by atoms with van der Waals surface area (Å²) in [4.78, 5) is 4.27. The molecular formula is C17H30IN3O2. The molecule has 3 N–H and O–H groups in total. The maximum Gasteiger partial charge on any atom is 0.191 e. The van der Waals surface area contributed by atoms with Gasteiger partial charge in [-0.1, -0.05) is 13.8 Å². The molecule has 23 heavy (non-hydrogen) atoms. The molecule has 1 aromatic heterocycles. The van der Waals surface area contributed by atoms with Crippen molar-refractivity contribution in [2.24, 2.45) is 16.8 Å². The maximum absolute atomic E-state index is 10.5. The second-order valence-corrected chi connectivity index (χ2v) is 6.94. The summed E-state index contributed by atoms with van der Waals surface area (Å²) in [6, 6.07) is 4.00. The Morgan fingerprint density at radius 1 is 1.35 bits per heavy atom. The Hall–Kier alpha value is -0.760. The van der Waals surface area contributed by atoms with Crippen LogP contribution in [0.15, 0.2) is 27.8 Å². The molecule has 3 unspecified atom stereocenters. The van der Waals surface area contributed by atoms with Crippen molar-refractivity contribution in [3.8, 4) is 0 Å². The summed E-state index contributed by atoms with van der Waals surface area (Å²) < 4.78 is 5.29. The number of aliphatic imine (C=N–C) groups is 1. The highest BCUT2D eigenvalue weighted by atomic mass is 127. The number of hydrogen-bond donors (Lipinski definition) is 3. The molecule has 5 nitrogen and oxygen atoms in total. The lowest BCUT2D eigenvalue weighted by Gasteiger charge is -2.33. The van der Waals surface area contributed by atoms with Crippen LogP contribution in [0.2, 0.25) is 0 Å². The van der Waals surface area contributed by atoms with Crippen LogP contribution in [-0.4, -0.2) is 30.7 Å². The standard InChI is InChI=1S/C17H29N3O2.HI/c1-12-8-13(2)10-14(9-12)20-16(18-4)19-11-17(3,21)15-6-5-7-22-15;/h5-7,12-14,21H,8-11H2,1-4H3,(H2,18,19,20);1H. The van der Waals surface area contributed by atoms with Gasteiger partial charge in [-0.2, -0.15) is 0 Å². The highest BCUT2D eigenvalue weighted by Crippen LogP contribution is 2.28. The summed E-state index contributed by atoms with van der Waals surface area (Å²) in [5.74, 6) is 2.77. The second kappa shape index (κ2) is 8.92. The van der Waals surface area contributed by atoms with E-state index in [4.69, 9.17) is 4.42 Å². The van der Waals surface area contributed by atoms with E-state index < -0.39 is 5.60 Å². The Bertz CT molecular complexity index is 478. The van der Waals surface area contributed by atoms with Gasteiger partial charge in [0.15, 0.2) is 5.96 Å². The third-order valence-electron chi connectivity index (χ3n) is 4.40. The fourth-order valence-corrected chi connectivity index (χ4v) is 3.38. The highest BCUT2D eigenvalue weighted by molar-refractivity contribution is 14.0. The van der Waals surface area contributed by atoms with E-state index in [0.717, 1.165) is 17.8 Å². The lowest BCUT2D eigenvalue weighted by Crippen LogP contribution is -2.49. The average molecular weight is 435 g/mol. The van der Waals surface area contributed by atoms with E-state index in [9.17, 15) is 5.11 Å². The van der Waals surface area contributed by atoms with E-state index in [1.807, 2.05) is 0 Å². The van der Waals surface area contributed by atoms with Crippen LogP contribution in [-0.2, 0) is 5.60 Å². The van der Waals surface area contributed by atoms with Crippen LogP contribution in [0.5, 0.6) is 0 Å². The molecule has 132 valence electrons. The normalized spacial score (nSPS) is 27.7. The predicted molar refractivity (Wildman–Crippen MR) is 104 cm³/mol. The number of halogens is 1. The van der Waals surface area contributed by atoms with Gasteiger partial charge in [0.2, 0.25) is 0 Å². The zero-order valence-electron chi connectivity index (χ0n) is 14.5. The van der Waals surface area contributed by atoms with Gasteiger partial charge in [-0.25, -0.2) is 0 Å². The van der Waals surface area contributed by atoms with E-state index in [-0.39, 0.29) is 24.0 Å². The Labute approximate surface area is 156 Å². The molecule has 1 aromatic rings. The summed E-state index contributed by atoms with van der Waals surface area (Å²) >= 11 is 0. The van der Waals surface area contributed by atoms with Crippen LogP contribution in [0.4, 0.5) is 0 Å². The summed E-state index contributed by atoms with van der Waals surface area (Å²) in [6.07, 6.45) is 5.21. The van der Waals surface area contributed by atoms with Crippen molar-refractivity contribution < 1.29 is 9.52 Å². The fourth-order valence-electron chi connectivity index (χ4n) is 3.38. The van der Waals surface area contributed by atoms with Gasteiger partial charge in [0.25, 0.3) is 0 Å². The molecule has 1 heterocycles. The number of nitrogens with zero attached hydrogens (tertiary/aromatic N) is 1. The summed E-state index contributed by atoms with van der Waals surface area (Å²) in [5, 5.41) is 17.2. The first-order valence-corrected chi connectivity index (χ1v) is 8.14. The minimum atomic E-state index is -1.06. The molecule has 0 bridgehead atoms. The molecule has 3 atom stereocenters. The predicted octanol–water partition coefficient (Wildman–Crippen LogP) is 3.09. The monoisotopic (exact) mass is 435 g/mol. The molecule has 0 aliphatic heterocycles. The Balaban J connectivity index is 0.00000264. The van der Waals surface area contributed by atoms with Crippen LogP contribution in [0.25, 0.3) is 0 Å². The molecule has 0 spiro atoms. The first-order valence-electron chi connectivity index (χ1n) is 8.14. The summed E-state index contributed by atoms with van der Waals surface area (Å²) in [5.41, 5.74) is -1.06. The van der Waals surface area contributed by atoms with Crippen molar-refractivity contribution >= 4 is 29.9 Å². The van der Waals surface area contributed by atoms with Gasteiger partial charge in [-0.15, -0.1) is 24.0 Å². The van der Waals surface area contributed by atoms with Crippen LogP contribution in [0, 0.1) is 11.8 Å². The molecule has 2 rings (SSSR count). The minimum absolute atomic E-state index is 0. The third-order valence-corrected chi connectivity index (χ3v) is 4.40. The molecule has 6 heteroatoms. The molecule has 1 fully saturated rings. The molecule has 0 saturated heterocycles. The fraction of sp³-hybridized carbons (Fsp3) is 0.706. The number of rotatable bonds is 4. The van der Waals surface area contributed by atoms with Crippen molar-refractivity contribution in [2.75, 3.05) is 13.6 Å². The first kappa shape index (κ1) is 20.3. The number of hydrogen-bond acceptors (Lipinski definition) is 3. The number of aliphatic hydroxyl groups is 1. The zero-order chi connectivity index (χ0) is 16.2. The Kier molecular flexibility index (Phi) is 7.86. The van der Waals surface area contributed by atoms with Crippen LogP contribution in [0.3, 0.4) is 0 Å². The van der Waals surface area contributed by atoms with Crippen molar-refractivity contribution in [1.29, 1.82) is 0 Å². The highest BCUT2D eigenvalue weighted by Gasteiger charge is 2.28. The van der Waals surface area contributed by atoms with Crippen molar-refractivity contribution in [3.05, 3.63) is 24.2 Å². The molecule has 0 amide bonds. The van der Waals surface area contributed by atoms with Gasteiger partial charge in [0.05, 0.1) is 12.8 Å². The molecule has 1 aliphatic carbocycles. The minimum Gasteiger partial charge on any atom is -0.466 e. The lowest BCUT2D eigenvalue weighted by atomic mass is 9.80. The van der Waals surface area contributed by atoms with E-state index >= 15 is 0 Å². The van der Waals surface area contributed by atoms with Gasteiger partial charge in [-0.05, 0) is 50.2 Å². The van der Waals surface area contributed by atoms with E-state index in [1.54, 1.807) is 32.4 Å². The Morgan fingerprint density at radius 2 is 2.00 bits per heavy atom. The molecule has 1 saturated carbocycles. The van der Waals surface area contributed by atoms with Crippen LogP contribution >= 0.6 is 24.0 Å². The van der Waals surface area contributed by atoms with Gasteiger partial charge >= 0.3 is 0 Å². The number of guanidine groups is 1. The molecular weight excluding hydrogens is 405 g/mol. The van der Waals surface area contributed by atoms with Crippen molar-refractivity contribution in [3.63, 3.8) is 0 Å². The van der Waals surface area contributed by atoms with E-state index in [2.05, 4.69) is 29.5 Å². The molecule has 0 radical (unpaired) electrons. The summed E-state index contributed by atoms with van der Waals surface area (Å²) in [7, 11) is 1.76. The van der Waals surface area contributed by atoms with Gasteiger partial charge in [0, 0.05) is 13.1 Å².